The minimum atomic E-state index is -3.46. The van der Waals surface area contributed by atoms with Gasteiger partial charge in [-0.25, -0.2) is 8.42 Å². The first-order valence-electron chi connectivity index (χ1n) is 6.91. The maximum absolute atomic E-state index is 12.3. The Labute approximate surface area is 137 Å². The molecule has 2 aromatic rings. The molecule has 0 unspecified atom stereocenters. The second kappa shape index (κ2) is 5.57. The first kappa shape index (κ1) is 15.9. The summed E-state index contributed by atoms with van der Waals surface area (Å²) < 4.78 is 23.7. The Balaban J connectivity index is 1.88. The molecule has 1 aliphatic rings. The fourth-order valence-electron chi connectivity index (χ4n) is 2.45. The molecule has 1 heterocycles. The van der Waals surface area contributed by atoms with Gasteiger partial charge in [-0.15, -0.1) is 0 Å². The molecule has 122 valence electrons. The molecule has 1 aliphatic heterocycles. The minimum absolute atomic E-state index is 0.0984. The van der Waals surface area contributed by atoms with Gasteiger partial charge in [-0.2, -0.15) is 0 Å². The van der Waals surface area contributed by atoms with E-state index in [1.54, 1.807) is 19.1 Å². The van der Waals surface area contributed by atoms with Gasteiger partial charge < -0.3 is 5.32 Å². The molecule has 24 heavy (non-hydrogen) atoms. The molecule has 0 aromatic heterocycles. The Morgan fingerprint density at radius 2 is 1.92 bits per heavy atom. The van der Waals surface area contributed by atoms with E-state index in [4.69, 9.17) is 0 Å². The molecule has 0 saturated carbocycles. The summed E-state index contributed by atoms with van der Waals surface area (Å²) >= 11 is 0. The molecule has 0 radical (unpaired) electrons. The van der Waals surface area contributed by atoms with Crippen molar-refractivity contribution in [2.24, 2.45) is 0 Å². The molecule has 3 rings (SSSR count). The molecule has 1 N–H and O–H groups in total. The third-order valence-corrected chi connectivity index (χ3v) is 5.13. The van der Waals surface area contributed by atoms with E-state index >= 15 is 0 Å². The van der Waals surface area contributed by atoms with Crippen LogP contribution in [0.1, 0.15) is 21.5 Å². The van der Waals surface area contributed by atoms with E-state index in [9.17, 15) is 23.3 Å². The smallest absolute Gasteiger partial charge is 0.269 e. The molecule has 0 saturated heterocycles. The summed E-state index contributed by atoms with van der Waals surface area (Å²) in [7, 11) is -3.46. The number of hydrogen-bond acceptors (Lipinski definition) is 5. The maximum Gasteiger partial charge on any atom is 0.269 e. The zero-order valence-corrected chi connectivity index (χ0v) is 13.3. The normalized spacial score (nSPS) is 14.2. The van der Waals surface area contributed by atoms with Crippen molar-refractivity contribution < 1.29 is 18.1 Å². The second-order valence-corrected chi connectivity index (χ2v) is 7.11. The van der Waals surface area contributed by atoms with E-state index < -0.39 is 20.7 Å². The fourth-order valence-corrected chi connectivity index (χ4v) is 3.68. The van der Waals surface area contributed by atoms with Gasteiger partial charge in [-0.05, 0) is 42.3 Å². The van der Waals surface area contributed by atoms with Crippen LogP contribution in [0.25, 0.3) is 6.08 Å². The van der Waals surface area contributed by atoms with Crippen molar-refractivity contribution in [2.75, 3.05) is 5.32 Å². The van der Waals surface area contributed by atoms with Crippen LogP contribution in [0.4, 0.5) is 11.4 Å². The zero-order chi connectivity index (χ0) is 17.5. The third kappa shape index (κ3) is 2.79. The highest BCUT2D eigenvalue weighted by Gasteiger charge is 2.21. The van der Waals surface area contributed by atoms with Gasteiger partial charge in [-0.3, -0.25) is 14.9 Å². The number of benzene rings is 2. The molecule has 0 fully saturated rings. The largest absolute Gasteiger partial charge is 0.322 e. The monoisotopic (exact) mass is 344 g/mol. The zero-order valence-electron chi connectivity index (χ0n) is 12.5. The molecule has 8 heteroatoms. The van der Waals surface area contributed by atoms with Gasteiger partial charge >= 0.3 is 0 Å². The number of nitrogens with one attached hydrogen (secondary N) is 1. The van der Waals surface area contributed by atoms with Crippen LogP contribution in [0, 0.1) is 17.0 Å². The lowest BCUT2D eigenvalue weighted by Gasteiger charge is -2.09. The number of non-ortho nitro benzene ring substituents is 1. The van der Waals surface area contributed by atoms with Crippen LogP contribution in [-0.2, 0) is 9.84 Å². The summed E-state index contributed by atoms with van der Waals surface area (Å²) in [6.07, 6.45) is 1.50. The van der Waals surface area contributed by atoms with Gasteiger partial charge in [-0.1, -0.05) is 6.07 Å². The van der Waals surface area contributed by atoms with Crippen LogP contribution < -0.4 is 5.32 Å². The summed E-state index contributed by atoms with van der Waals surface area (Å²) in [5.74, 6) is -0.467. The number of sulfone groups is 1. The molecular formula is C16H12N2O5S. The van der Waals surface area contributed by atoms with E-state index in [1.807, 2.05) is 0 Å². The molecule has 0 aliphatic carbocycles. The summed E-state index contributed by atoms with van der Waals surface area (Å²) in [5.41, 5.74) is 1.54. The highest BCUT2D eigenvalue weighted by atomic mass is 32.2. The van der Waals surface area contributed by atoms with Gasteiger partial charge in [0.25, 0.3) is 11.6 Å². The highest BCUT2D eigenvalue weighted by Crippen LogP contribution is 2.29. The summed E-state index contributed by atoms with van der Waals surface area (Å²) in [4.78, 5) is 22.7. The Bertz CT molecular complexity index is 1010. The molecule has 0 spiro atoms. The van der Waals surface area contributed by atoms with E-state index in [0.29, 0.717) is 16.8 Å². The first-order valence-corrected chi connectivity index (χ1v) is 8.46. The van der Waals surface area contributed by atoms with Gasteiger partial charge in [0.15, 0.2) is 0 Å². The third-order valence-electron chi connectivity index (χ3n) is 3.67. The van der Waals surface area contributed by atoms with Crippen LogP contribution >= 0.6 is 0 Å². The number of nitrogens with zero attached hydrogens (tertiary/aromatic N) is 1. The van der Waals surface area contributed by atoms with Crippen LogP contribution in [0.15, 0.2) is 46.7 Å². The number of amides is 1. The Morgan fingerprint density at radius 3 is 2.58 bits per heavy atom. The lowest BCUT2D eigenvalue weighted by Crippen LogP contribution is -2.14. The standard InChI is InChI=1S/C16H12N2O5S/c1-10-8-13(18(20)21)4-5-14(10)16(19)17-12-3-2-11-6-7-24(22,23)15(11)9-12/h2-9H,1H3,(H,17,19). The quantitative estimate of drug-likeness (QED) is 0.680. The SMILES string of the molecule is Cc1cc([N+](=O)[O-])ccc1C(=O)Nc1ccc2c(c1)S(=O)(=O)C=C2. The number of nitro groups is 1. The number of anilines is 1. The Kier molecular flexibility index (Phi) is 3.69. The Morgan fingerprint density at radius 1 is 1.17 bits per heavy atom. The van der Waals surface area contributed by atoms with Crippen molar-refractivity contribution in [1.29, 1.82) is 0 Å². The van der Waals surface area contributed by atoms with Crippen molar-refractivity contribution in [3.8, 4) is 0 Å². The summed E-state index contributed by atoms with van der Waals surface area (Å²) in [5, 5.41) is 14.5. The highest BCUT2D eigenvalue weighted by molar-refractivity contribution is 7.94. The van der Waals surface area contributed by atoms with Gasteiger partial charge in [0, 0.05) is 28.8 Å². The van der Waals surface area contributed by atoms with Gasteiger partial charge in [0.05, 0.1) is 9.82 Å². The van der Waals surface area contributed by atoms with Gasteiger partial charge in [0.1, 0.15) is 0 Å². The minimum Gasteiger partial charge on any atom is -0.322 e. The number of fused-ring (bicyclic) bond motifs is 1. The van der Waals surface area contributed by atoms with Crippen LogP contribution in [-0.4, -0.2) is 19.2 Å². The molecule has 2 aromatic carbocycles. The van der Waals surface area contributed by atoms with E-state index in [0.717, 1.165) is 5.41 Å². The van der Waals surface area contributed by atoms with Gasteiger partial charge in [0.2, 0.25) is 9.84 Å². The number of carbonyl (C=O) groups is 1. The predicted molar refractivity (Wildman–Crippen MR) is 88.4 cm³/mol. The van der Waals surface area contributed by atoms with Crippen LogP contribution in [0.3, 0.4) is 0 Å². The molecule has 7 nitrogen and oxygen atoms in total. The lowest BCUT2D eigenvalue weighted by atomic mass is 10.1. The Hall–Kier alpha value is -3.00. The second-order valence-electron chi connectivity index (χ2n) is 5.31. The molecule has 1 amide bonds. The average Bonchev–Trinajstić information content (AvgIpc) is 2.82. The van der Waals surface area contributed by atoms with Crippen LogP contribution in [0.2, 0.25) is 0 Å². The van der Waals surface area contributed by atoms with E-state index in [2.05, 4.69) is 5.32 Å². The summed E-state index contributed by atoms with van der Waals surface area (Å²) in [6, 6.07) is 8.53. The predicted octanol–water partition coefficient (Wildman–Crippen LogP) is 2.91. The number of rotatable bonds is 3. The fraction of sp³-hybridized carbons (Fsp3) is 0.0625. The first-order chi connectivity index (χ1) is 11.3. The van der Waals surface area contributed by atoms with Crippen molar-refractivity contribution >= 4 is 33.2 Å². The topological polar surface area (TPSA) is 106 Å². The number of nitro benzene ring substituents is 1. The number of aryl methyl sites for hydroxylation is 1. The van der Waals surface area contributed by atoms with Crippen molar-refractivity contribution in [3.63, 3.8) is 0 Å². The number of carbonyl (C=O) groups excluding carboxylic acids is 1. The van der Waals surface area contributed by atoms with E-state index in [1.165, 1.54) is 30.3 Å². The van der Waals surface area contributed by atoms with Crippen molar-refractivity contribution in [3.05, 3.63) is 68.6 Å². The average molecular weight is 344 g/mol. The maximum atomic E-state index is 12.3. The van der Waals surface area contributed by atoms with Crippen molar-refractivity contribution in [1.82, 2.24) is 0 Å². The molecule has 0 bridgehead atoms. The number of hydrogen-bond donors (Lipinski definition) is 1. The molecular weight excluding hydrogens is 332 g/mol. The van der Waals surface area contributed by atoms with E-state index in [-0.39, 0.29) is 16.1 Å². The molecule has 0 atom stereocenters. The van der Waals surface area contributed by atoms with Crippen molar-refractivity contribution in [2.45, 2.75) is 11.8 Å². The lowest BCUT2D eigenvalue weighted by molar-refractivity contribution is -0.384. The van der Waals surface area contributed by atoms with Crippen LogP contribution in [0.5, 0.6) is 0 Å². The summed E-state index contributed by atoms with van der Waals surface area (Å²) in [6.45, 7) is 1.60.